The van der Waals surface area contributed by atoms with Gasteiger partial charge >= 0.3 is 0 Å². The van der Waals surface area contributed by atoms with Gasteiger partial charge in [0, 0.05) is 19.6 Å². The van der Waals surface area contributed by atoms with Crippen LogP contribution in [-0.2, 0) is 9.53 Å². The second kappa shape index (κ2) is 6.24. The summed E-state index contributed by atoms with van der Waals surface area (Å²) in [7, 11) is 0. The summed E-state index contributed by atoms with van der Waals surface area (Å²) >= 11 is 0. The summed E-state index contributed by atoms with van der Waals surface area (Å²) in [6.07, 6.45) is 9.69. The molecule has 1 N–H and O–H groups in total. The lowest BCUT2D eigenvalue weighted by Crippen LogP contribution is -2.31. The Kier molecular flexibility index (Phi) is 4.64. The van der Waals surface area contributed by atoms with Crippen molar-refractivity contribution in [3.8, 4) is 0 Å². The molecule has 1 heterocycles. The Hall–Kier alpha value is -0.570. The molecule has 2 fully saturated rings. The zero-order valence-electron chi connectivity index (χ0n) is 10.0. The van der Waals surface area contributed by atoms with Crippen LogP contribution < -0.4 is 5.32 Å². The van der Waals surface area contributed by atoms with Crippen LogP contribution in [0.5, 0.6) is 0 Å². The number of nitrogens with one attached hydrogen (secondary N) is 1. The second-order valence-electron chi connectivity index (χ2n) is 5.13. The number of amides is 1. The molecule has 0 spiro atoms. The van der Waals surface area contributed by atoms with E-state index in [9.17, 15) is 4.79 Å². The summed E-state index contributed by atoms with van der Waals surface area (Å²) in [6, 6.07) is 0. The molecular weight excluding hydrogens is 202 g/mol. The minimum atomic E-state index is 0.211. The van der Waals surface area contributed by atoms with Gasteiger partial charge in [-0.3, -0.25) is 4.79 Å². The third-order valence-corrected chi connectivity index (χ3v) is 3.81. The van der Waals surface area contributed by atoms with Crippen LogP contribution in [0.4, 0.5) is 0 Å². The van der Waals surface area contributed by atoms with E-state index in [1.807, 2.05) is 0 Å². The molecule has 1 saturated heterocycles. The average molecular weight is 225 g/mol. The van der Waals surface area contributed by atoms with Crippen LogP contribution in [0, 0.1) is 5.92 Å². The van der Waals surface area contributed by atoms with Gasteiger partial charge in [-0.05, 0) is 25.2 Å². The van der Waals surface area contributed by atoms with Crippen molar-refractivity contribution < 1.29 is 9.53 Å². The monoisotopic (exact) mass is 225 g/mol. The molecule has 0 aromatic heterocycles. The van der Waals surface area contributed by atoms with Gasteiger partial charge in [-0.1, -0.05) is 25.7 Å². The molecule has 2 aliphatic rings. The van der Waals surface area contributed by atoms with Crippen LogP contribution in [0.1, 0.15) is 51.4 Å². The molecule has 1 amide bonds. The number of carbonyl (C=O) groups excluding carboxylic acids is 1. The topological polar surface area (TPSA) is 38.3 Å². The molecule has 1 aliphatic heterocycles. The van der Waals surface area contributed by atoms with Crippen molar-refractivity contribution >= 4 is 5.91 Å². The second-order valence-corrected chi connectivity index (χ2v) is 5.13. The molecule has 3 nitrogen and oxygen atoms in total. The van der Waals surface area contributed by atoms with Gasteiger partial charge in [-0.25, -0.2) is 0 Å². The lowest BCUT2D eigenvalue weighted by molar-refractivity contribution is -0.121. The number of ether oxygens (including phenoxy) is 1. The molecule has 0 radical (unpaired) electrons. The third kappa shape index (κ3) is 3.78. The highest BCUT2D eigenvalue weighted by Crippen LogP contribution is 2.28. The molecule has 92 valence electrons. The summed E-state index contributed by atoms with van der Waals surface area (Å²) in [5.74, 6) is 1.02. The molecule has 0 unspecified atom stereocenters. The lowest BCUT2D eigenvalue weighted by atomic mass is 10.0. The van der Waals surface area contributed by atoms with Crippen molar-refractivity contribution in [3.63, 3.8) is 0 Å². The van der Waals surface area contributed by atoms with Gasteiger partial charge in [-0.15, -0.1) is 0 Å². The Bertz CT molecular complexity index is 196. The first-order valence-electron chi connectivity index (χ1n) is 6.73. The highest BCUT2D eigenvalue weighted by atomic mass is 16.5. The van der Waals surface area contributed by atoms with E-state index in [0.29, 0.717) is 13.0 Å². The predicted molar refractivity (Wildman–Crippen MR) is 63.2 cm³/mol. The third-order valence-electron chi connectivity index (χ3n) is 3.81. The predicted octanol–water partition coefficient (Wildman–Crippen LogP) is 2.25. The van der Waals surface area contributed by atoms with Crippen LogP contribution in [0.3, 0.4) is 0 Å². The molecule has 0 aromatic rings. The normalized spacial score (nSPS) is 26.1. The molecule has 16 heavy (non-hydrogen) atoms. The molecule has 2 rings (SSSR count). The Labute approximate surface area is 97.9 Å². The van der Waals surface area contributed by atoms with Crippen molar-refractivity contribution in [3.05, 3.63) is 0 Å². The van der Waals surface area contributed by atoms with E-state index >= 15 is 0 Å². The molecule has 1 saturated carbocycles. The van der Waals surface area contributed by atoms with Crippen LogP contribution in [0.15, 0.2) is 0 Å². The summed E-state index contributed by atoms with van der Waals surface area (Å²) in [6.45, 7) is 1.58. The van der Waals surface area contributed by atoms with Gasteiger partial charge in [0.15, 0.2) is 0 Å². The zero-order valence-corrected chi connectivity index (χ0v) is 10.0. The lowest BCUT2D eigenvalue weighted by Gasteiger charge is -2.12. The van der Waals surface area contributed by atoms with Gasteiger partial charge in [0.25, 0.3) is 0 Å². The maximum atomic E-state index is 11.6. The fraction of sp³-hybridized carbons (Fsp3) is 0.923. The maximum absolute atomic E-state index is 11.6. The van der Waals surface area contributed by atoms with E-state index in [2.05, 4.69) is 5.32 Å². The van der Waals surface area contributed by atoms with Crippen LogP contribution in [0.2, 0.25) is 0 Å². The van der Waals surface area contributed by atoms with Crippen molar-refractivity contribution in [1.29, 1.82) is 0 Å². The molecule has 3 heteroatoms. The van der Waals surface area contributed by atoms with E-state index in [4.69, 9.17) is 4.74 Å². The van der Waals surface area contributed by atoms with Gasteiger partial charge in [0.2, 0.25) is 5.91 Å². The highest BCUT2D eigenvalue weighted by Gasteiger charge is 2.18. The van der Waals surface area contributed by atoms with Gasteiger partial charge in [0.05, 0.1) is 6.10 Å². The Morgan fingerprint density at radius 3 is 2.69 bits per heavy atom. The zero-order chi connectivity index (χ0) is 11.2. The number of rotatable bonds is 5. The van der Waals surface area contributed by atoms with Crippen LogP contribution in [0.25, 0.3) is 0 Å². The summed E-state index contributed by atoms with van der Waals surface area (Å²) in [5, 5.41) is 2.98. The van der Waals surface area contributed by atoms with Gasteiger partial charge < -0.3 is 10.1 Å². The number of hydrogen-bond acceptors (Lipinski definition) is 2. The molecule has 0 aromatic carbocycles. The molecule has 0 bridgehead atoms. The van der Waals surface area contributed by atoms with Gasteiger partial charge in [0.1, 0.15) is 0 Å². The fourth-order valence-electron chi connectivity index (χ4n) is 2.76. The van der Waals surface area contributed by atoms with Crippen molar-refractivity contribution in [2.24, 2.45) is 5.92 Å². The Morgan fingerprint density at radius 2 is 2.00 bits per heavy atom. The molecular formula is C13H23NO2. The first kappa shape index (κ1) is 11.9. The molecule has 1 atom stereocenters. The standard InChI is InChI=1S/C13H23NO2/c15-13(8-7-11-4-1-2-5-11)14-10-12-6-3-9-16-12/h11-12H,1-10H2,(H,14,15)/t12-/m0/s1. The van der Waals surface area contributed by atoms with Crippen molar-refractivity contribution in [2.45, 2.75) is 57.5 Å². The Balaban J connectivity index is 1.53. The highest BCUT2D eigenvalue weighted by molar-refractivity contribution is 5.75. The van der Waals surface area contributed by atoms with E-state index in [0.717, 1.165) is 31.8 Å². The van der Waals surface area contributed by atoms with Crippen LogP contribution >= 0.6 is 0 Å². The largest absolute Gasteiger partial charge is 0.376 e. The summed E-state index contributed by atoms with van der Waals surface area (Å²) in [4.78, 5) is 11.6. The van der Waals surface area contributed by atoms with E-state index < -0.39 is 0 Å². The first-order valence-corrected chi connectivity index (χ1v) is 6.73. The number of carbonyl (C=O) groups is 1. The minimum Gasteiger partial charge on any atom is -0.376 e. The maximum Gasteiger partial charge on any atom is 0.220 e. The number of hydrogen-bond donors (Lipinski definition) is 1. The first-order chi connectivity index (χ1) is 7.84. The summed E-state index contributed by atoms with van der Waals surface area (Å²) < 4.78 is 5.47. The van der Waals surface area contributed by atoms with E-state index in [1.165, 1.54) is 25.7 Å². The van der Waals surface area contributed by atoms with Crippen molar-refractivity contribution in [1.82, 2.24) is 5.32 Å². The average Bonchev–Trinajstić information content (AvgIpc) is 2.96. The van der Waals surface area contributed by atoms with Crippen molar-refractivity contribution in [2.75, 3.05) is 13.2 Å². The Morgan fingerprint density at radius 1 is 1.19 bits per heavy atom. The van der Waals surface area contributed by atoms with E-state index in [1.54, 1.807) is 0 Å². The summed E-state index contributed by atoms with van der Waals surface area (Å²) in [5.41, 5.74) is 0. The smallest absolute Gasteiger partial charge is 0.220 e. The van der Waals surface area contributed by atoms with Crippen LogP contribution in [-0.4, -0.2) is 25.2 Å². The van der Waals surface area contributed by atoms with Gasteiger partial charge in [-0.2, -0.15) is 0 Å². The van der Waals surface area contributed by atoms with E-state index in [-0.39, 0.29) is 12.0 Å². The molecule has 1 aliphatic carbocycles. The fourth-order valence-corrected chi connectivity index (χ4v) is 2.76. The minimum absolute atomic E-state index is 0.211. The quantitative estimate of drug-likeness (QED) is 0.779. The SMILES string of the molecule is O=C(CCC1CCCC1)NC[C@@H]1CCCO1.